The van der Waals surface area contributed by atoms with Gasteiger partial charge in [0.2, 0.25) is 5.89 Å². The lowest BCUT2D eigenvalue weighted by Gasteiger charge is -2.26. The summed E-state index contributed by atoms with van der Waals surface area (Å²) in [5.41, 5.74) is 7.47. The van der Waals surface area contributed by atoms with E-state index < -0.39 is 0 Å². The maximum Gasteiger partial charge on any atom is 0.227 e. The van der Waals surface area contributed by atoms with E-state index >= 15 is 0 Å². The number of oxazole rings is 1. The molecule has 0 atom stereocenters. The van der Waals surface area contributed by atoms with E-state index in [1.54, 1.807) is 0 Å². The summed E-state index contributed by atoms with van der Waals surface area (Å²) in [6.45, 7) is 0. The molecule has 0 unspecified atom stereocenters. The summed E-state index contributed by atoms with van der Waals surface area (Å²) in [7, 11) is 0. The Hall–Kier alpha value is -6.39. The number of hydrogen-bond donors (Lipinski definition) is 0. The maximum atomic E-state index is 6.52. The molecule has 0 radical (unpaired) electrons. The Bertz CT molecular complexity index is 2800. The van der Waals surface area contributed by atoms with E-state index in [4.69, 9.17) is 13.8 Å². The van der Waals surface area contributed by atoms with Crippen LogP contribution in [-0.2, 0) is 0 Å². The average molecular weight is 603 g/mol. The molecule has 0 saturated carbocycles. The van der Waals surface area contributed by atoms with Crippen molar-refractivity contribution in [2.45, 2.75) is 0 Å². The number of fused-ring (bicyclic) bond motifs is 10. The number of rotatable bonds is 4. The first-order valence-corrected chi connectivity index (χ1v) is 15.8. The third-order valence-corrected chi connectivity index (χ3v) is 9.24. The molecule has 10 aromatic rings. The van der Waals surface area contributed by atoms with Crippen LogP contribution in [0.25, 0.3) is 76.8 Å². The van der Waals surface area contributed by atoms with Gasteiger partial charge in [0, 0.05) is 44.9 Å². The smallest absolute Gasteiger partial charge is 0.227 e. The molecule has 2 aromatic heterocycles. The second-order valence-electron chi connectivity index (χ2n) is 12.0. The molecule has 0 spiro atoms. The fourth-order valence-corrected chi connectivity index (χ4v) is 7.05. The van der Waals surface area contributed by atoms with Crippen molar-refractivity contribution in [2.75, 3.05) is 4.90 Å². The van der Waals surface area contributed by atoms with Crippen LogP contribution in [0.1, 0.15) is 0 Å². The highest BCUT2D eigenvalue weighted by Gasteiger charge is 2.19. The van der Waals surface area contributed by atoms with Crippen molar-refractivity contribution in [3.8, 4) is 11.5 Å². The first-order valence-electron chi connectivity index (χ1n) is 15.8. The highest BCUT2D eigenvalue weighted by atomic mass is 16.3. The van der Waals surface area contributed by atoms with Gasteiger partial charge in [-0.2, -0.15) is 0 Å². The van der Waals surface area contributed by atoms with Gasteiger partial charge < -0.3 is 13.7 Å². The largest absolute Gasteiger partial charge is 0.456 e. The first kappa shape index (κ1) is 25.9. The molecule has 0 saturated heterocycles. The lowest BCUT2D eigenvalue weighted by atomic mass is 10.00. The van der Waals surface area contributed by atoms with E-state index in [2.05, 4.69) is 120 Å². The van der Waals surface area contributed by atoms with Gasteiger partial charge in [-0.15, -0.1) is 0 Å². The van der Waals surface area contributed by atoms with Crippen LogP contribution in [0.3, 0.4) is 0 Å². The third kappa shape index (κ3) is 4.05. The van der Waals surface area contributed by atoms with E-state index in [9.17, 15) is 0 Å². The molecule has 47 heavy (non-hydrogen) atoms. The SMILES string of the molecule is c1ccc(-c2nc3ccc4ccc5ccc(N(c6ccccc6)c6ccc7c(c6)oc6ccc8ccccc8c67)cc5c4c3o2)cc1. The summed E-state index contributed by atoms with van der Waals surface area (Å²) in [6, 6.07) is 55.0. The van der Waals surface area contributed by atoms with E-state index in [0.717, 1.165) is 77.2 Å². The zero-order valence-corrected chi connectivity index (χ0v) is 25.2. The Balaban J connectivity index is 1.19. The third-order valence-electron chi connectivity index (χ3n) is 9.24. The summed E-state index contributed by atoms with van der Waals surface area (Å²) in [4.78, 5) is 7.16. The Morgan fingerprint density at radius 3 is 2.00 bits per heavy atom. The number of benzene rings is 8. The van der Waals surface area contributed by atoms with Crippen molar-refractivity contribution in [1.29, 1.82) is 0 Å². The maximum absolute atomic E-state index is 6.52. The molecular weight excluding hydrogens is 576 g/mol. The van der Waals surface area contributed by atoms with Gasteiger partial charge in [-0.3, -0.25) is 0 Å². The molecule has 0 aliphatic rings. The summed E-state index contributed by atoms with van der Waals surface area (Å²) in [6.07, 6.45) is 0. The molecule has 0 amide bonds. The molecule has 0 fully saturated rings. The van der Waals surface area contributed by atoms with E-state index in [1.807, 2.05) is 42.5 Å². The number of furan rings is 1. The van der Waals surface area contributed by atoms with Crippen LogP contribution >= 0.6 is 0 Å². The Labute approximate surface area is 269 Å². The second kappa shape index (κ2) is 10.1. The monoisotopic (exact) mass is 602 g/mol. The van der Waals surface area contributed by atoms with Gasteiger partial charge in [-0.25, -0.2) is 4.98 Å². The molecule has 0 bridgehead atoms. The normalized spacial score (nSPS) is 11.8. The zero-order valence-electron chi connectivity index (χ0n) is 25.2. The lowest BCUT2D eigenvalue weighted by Crippen LogP contribution is -2.09. The summed E-state index contributed by atoms with van der Waals surface area (Å²) in [5.74, 6) is 0.624. The molecule has 0 aliphatic carbocycles. The zero-order chi connectivity index (χ0) is 30.9. The number of para-hydroxylation sites is 1. The minimum Gasteiger partial charge on any atom is -0.456 e. The number of hydrogen-bond acceptors (Lipinski definition) is 4. The predicted molar refractivity (Wildman–Crippen MR) is 194 cm³/mol. The number of aromatic nitrogens is 1. The predicted octanol–water partition coefficient (Wildman–Crippen LogP) is 12.3. The molecule has 4 heteroatoms. The highest BCUT2D eigenvalue weighted by Crippen LogP contribution is 2.42. The molecule has 10 rings (SSSR count). The second-order valence-corrected chi connectivity index (χ2v) is 12.0. The van der Waals surface area contributed by atoms with E-state index in [0.29, 0.717) is 5.89 Å². The molecule has 0 N–H and O–H groups in total. The van der Waals surface area contributed by atoms with E-state index in [-0.39, 0.29) is 0 Å². The molecular formula is C43H26N2O2. The summed E-state index contributed by atoms with van der Waals surface area (Å²) in [5, 5.41) is 9.09. The van der Waals surface area contributed by atoms with Gasteiger partial charge in [0.05, 0.1) is 0 Å². The van der Waals surface area contributed by atoms with Crippen molar-refractivity contribution in [3.05, 3.63) is 158 Å². The molecule has 4 nitrogen and oxygen atoms in total. The highest BCUT2D eigenvalue weighted by molar-refractivity contribution is 6.20. The van der Waals surface area contributed by atoms with Gasteiger partial charge in [0.25, 0.3) is 0 Å². The van der Waals surface area contributed by atoms with Crippen LogP contribution < -0.4 is 4.90 Å². The summed E-state index contributed by atoms with van der Waals surface area (Å²) >= 11 is 0. The van der Waals surface area contributed by atoms with E-state index in [1.165, 1.54) is 10.8 Å². The Kier molecular flexibility index (Phi) is 5.54. The van der Waals surface area contributed by atoms with Crippen LogP contribution in [0.2, 0.25) is 0 Å². The van der Waals surface area contributed by atoms with Crippen molar-refractivity contribution in [3.63, 3.8) is 0 Å². The average Bonchev–Trinajstić information content (AvgIpc) is 3.74. The topological polar surface area (TPSA) is 42.4 Å². The van der Waals surface area contributed by atoms with Crippen LogP contribution in [0.5, 0.6) is 0 Å². The quantitative estimate of drug-likeness (QED) is 0.188. The fourth-order valence-electron chi connectivity index (χ4n) is 7.05. The molecule has 2 heterocycles. The van der Waals surface area contributed by atoms with Crippen LogP contribution in [0.15, 0.2) is 167 Å². The molecule has 220 valence electrons. The standard InChI is InChI=1S/C43H26N2O2/c1-3-10-30(11-4-1)43-44-37-23-18-29-16-15-28-17-20-32(25-36(28)40(29)42(37)47-43)45(31-12-5-2-6-13-31)33-21-22-35-39(26-33)46-38-24-19-27-9-7-8-14-34(27)41(35)38/h1-26H. The van der Waals surface area contributed by atoms with Crippen molar-refractivity contribution >= 4 is 82.4 Å². The van der Waals surface area contributed by atoms with Crippen molar-refractivity contribution < 1.29 is 8.83 Å². The summed E-state index contributed by atoms with van der Waals surface area (Å²) < 4.78 is 13.0. The van der Waals surface area contributed by atoms with Gasteiger partial charge in [0.1, 0.15) is 16.7 Å². The van der Waals surface area contributed by atoms with Crippen LogP contribution in [-0.4, -0.2) is 4.98 Å². The molecule has 0 aliphatic heterocycles. The lowest BCUT2D eigenvalue weighted by molar-refractivity contribution is 0.623. The fraction of sp³-hybridized carbons (Fsp3) is 0. The van der Waals surface area contributed by atoms with Gasteiger partial charge in [0.15, 0.2) is 5.58 Å². The van der Waals surface area contributed by atoms with Crippen molar-refractivity contribution in [2.24, 2.45) is 0 Å². The van der Waals surface area contributed by atoms with Crippen LogP contribution in [0.4, 0.5) is 17.1 Å². The molecule has 8 aromatic carbocycles. The van der Waals surface area contributed by atoms with Gasteiger partial charge >= 0.3 is 0 Å². The number of nitrogens with zero attached hydrogens (tertiary/aromatic N) is 2. The van der Waals surface area contributed by atoms with Crippen LogP contribution in [0, 0.1) is 0 Å². The Morgan fingerprint density at radius 2 is 1.11 bits per heavy atom. The number of anilines is 3. The van der Waals surface area contributed by atoms with Gasteiger partial charge in [-0.1, -0.05) is 91.0 Å². The minimum atomic E-state index is 0.624. The van der Waals surface area contributed by atoms with Crippen molar-refractivity contribution in [1.82, 2.24) is 4.98 Å². The minimum absolute atomic E-state index is 0.624. The van der Waals surface area contributed by atoms with Gasteiger partial charge in [-0.05, 0) is 87.6 Å². The Morgan fingerprint density at radius 1 is 0.426 bits per heavy atom. The first-order chi connectivity index (χ1) is 23.3.